The van der Waals surface area contributed by atoms with Gasteiger partial charge in [0.1, 0.15) is 0 Å². The summed E-state index contributed by atoms with van der Waals surface area (Å²) in [6, 6.07) is 67.2. The molecule has 1 aliphatic rings. The maximum Gasteiger partial charge on any atom is -0.172 e. The number of benzene rings is 8. The summed E-state index contributed by atoms with van der Waals surface area (Å²) in [5.41, 5.74) is 15.4. The fourth-order valence-corrected chi connectivity index (χ4v) is 8.81. The van der Waals surface area contributed by atoms with Gasteiger partial charge in [0.2, 0.25) is 0 Å². The molecule has 0 amide bonds. The van der Waals surface area contributed by atoms with E-state index in [1.165, 1.54) is 83.1 Å². The Morgan fingerprint density at radius 2 is 1.05 bits per heavy atom. The molecule has 0 nitrogen and oxygen atoms in total. The number of fused-ring (bicyclic) bond motifs is 5. The summed E-state index contributed by atoms with van der Waals surface area (Å²) in [7, 11) is 0. The van der Waals surface area contributed by atoms with E-state index in [1.807, 2.05) is 54.6 Å². The fourth-order valence-electron chi connectivity index (χ4n) is 7.52. The van der Waals surface area contributed by atoms with Gasteiger partial charge in [0.15, 0.2) is 0 Å². The third kappa shape index (κ3) is 9.37. The average molecular weight is 908 g/mol. The Labute approximate surface area is 379 Å². The molecule has 0 saturated carbocycles. The van der Waals surface area contributed by atoms with E-state index in [-0.39, 0.29) is 24.8 Å². The van der Waals surface area contributed by atoms with E-state index in [0.29, 0.717) is 0 Å². The van der Waals surface area contributed by atoms with Crippen LogP contribution in [0.25, 0.3) is 54.9 Å². The van der Waals surface area contributed by atoms with E-state index in [1.54, 1.807) is 0 Å². The van der Waals surface area contributed by atoms with Crippen LogP contribution in [0.1, 0.15) is 33.4 Å². The molecule has 0 atom stereocenters. The van der Waals surface area contributed by atoms with E-state index in [4.69, 9.17) is 23.2 Å². The van der Waals surface area contributed by atoms with Crippen molar-refractivity contribution < 1.29 is 49.0 Å². The summed E-state index contributed by atoms with van der Waals surface area (Å²) in [6.45, 7) is 4.35. The first kappa shape index (κ1) is 43.1. The summed E-state index contributed by atoms with van der Waals surface area (Å²) < 4.78 is 1.25. The molecule has 9 aromatic carbocycles. The summed E-state index contributed by atoms with van der Waals surface area (Å²) in [5.74, 6) is 0. The Hall–Kier alpha value is -4.46. The van der Waals surface area contributed by atoms with Crippen LogP contribution in [-0.2, 0) is 30.7 Å². The van der Waals surface area contributed by atoms with Crippen molar-refractivity contribution >= 4 is 48.0 Å². The molecule has 0 radical (unpaired) electrons. The molecule has 58 heavy (non-hydrogen) atoms. The zero-order valence-electron chi connectivity index (χ0n) is 32.0. The zero-order chi connectivity index (χ0) is 38.6. The van der Waals surface area contributed by atoms with Gasteiger partial charge in [0, 0.05) is 0 Å². The van der Waals surface area contributed by atoms with Crippen LogP contribution in [0.15, 0.2) is 182 Å². The Morgan fingerprint density at radius 3 is 1.60 bits per heavy atom. The van der Waals surface area contributed by atoms with Gasteiger partial charge in [-0.2, -0.15) is 18.2 Å². The summed E-state index contributed by atoms with van der Waals surface area (Å²) in [4.78, 5) is 0. The molecule has 0 unspecified atom stereocenters. The van der Waals surface area contributed by atoms with Crippen LogP contribution < -0.4 is 24.8 Å². The summed E-state index contributed by atoms with van der Waals surface area (Å²) >= 11 is 14.3. The molecule has 9 aromatic rings. The van der Waals surface area contributed by atoms with Crippen LogP contribution in [0.4, 0.5) is 0 Å². The molecule has 0 heterocycles. The molecule has 0 aromatic heterocycles. The van der Waals surface area contributed by atoms with E-state index in [9.17, 15) is 0 Å². The number of hydrogen-bond acceptors (Lipinski definition) is 0. The van der Waals surface area contributed by atoms with Gasteiger partial charge >= 0.3 is 166 Å². The van der Waals surface area contributed by atoms with Gasteiger partial charge in [0.25, 0.3) is 0 Å². The number of aryl methyl sites for hydroxylation is 2. The topological polar surface area (TPSA) is 0 Å². The van der Waals surface area contributed by atoms with Crippen LogP contribution in [-0.4, -0.2) is 3.21 Å². The molecule has 0 spiro atoms. The zero-order valence-corrected chi connectivity index (χ0v) is 37.5. The van der Waals surface area contributed by atoms with E-state index in [2.05, 4.69) is 147 Å². The second-order valence-corrected chi connectivity index (χ2v) is 16.2. The van der Waals surface area contributed by atoms with Crippen molar-refractivity contribution in [3.8, 4) is 33.4 Å². The minimum absolute atomic E-state index is 0. The van der Waals surface area contributed by atoms with Crippen LogP contribution in [0.2, 0.25) is 10.0 Å². The van der Waals surface area contributed by atoms with Crippen molar-refractivity contribution in [3.63, 3.8) is 0 Å². The van der Waals surface area contributed by atoms with E-state index < -0.39 is 0 Å². The Morgan fingerprint density at radius 1 is 0.534 bits per heavy atom. The van der Waals surface area contributed by atoms with Crippen LogP contribution in [0, 0.1) is 19.9 Å². The molecule has 0 N–H and O–H groups in total. The minimum Gasteiger partial charge on any atom is -1.00 e. The Kier molecular flexibility index (Phi) is 14.5. The average Bonchev–Trinajstić information content (AvgIpc) is 3.93. The molecule has 284 valence electrons. The SMILES string of the molecule is Cc1ccccc1-c1[c-]c2c(cc1)-c1ccc(-c3ccccc3C)cc1C2.Clc1cc([C](=[Zr+2])c2cc(Cl)c3ccccc3c2)cc2ccccc12.[Cl-].[Cl-].c1cc[cH-]c1. The third-order valence-corrected chi connectivity index (χ3v) is 12.5. The monoisotopic (exact) mass is 904 g/mol. The van der Waals surface area contributed by atoms with Gasteiger partial charge in [-0.15, -0.1) is 29.3 Å². The first-order chi connectivity index (χ1) is 27.3. The summed E-state index contributed by atoms with van der Waals surface area (Å²) in [6.07, 6.45) is 0.962. The maximum absolute atomic E-state index is 6.49. The van der Waals surface area contributed by atoms with Crippen molar-refractivity contribution in [3.05, 3.63) is 231 Å². The quantitative estimate of drug-likeness (QED) is 0.155. The van der Waals surface area contributed by atoms with Crippen LogP contribution in [0.5, 0.6) is 0 Å². The second-order valence-electron chi connectivity index (χ2n) is 14.1. The van der Waals surface area contributed by atoms with Gasteiger partial charge in [0.05, 0.1) is 0 Å². The van der Waals surface area contributed by atoms with Crippen molar-refractivity contribution in [2.45, 2.75) is 20.3 Å². The third-order valence-electron chi connectivity index (χ3n) is 10.4. The minimum atomic E-state index is 0. The van der Waals surface area contributed by atoms with Crippen molar-refractivity contribution in [2.24, 2.45) is 0 Å². The summed E-state index contributed by atoms with van der Waals surface area (Å²) in [5, 5.41) is 6.06. The molecular weight excluding hydrogens is 870 g/mol. The van der Waals surface area contributed by atoms with Gasteiger partial charge in [-0.1, -0.05) is 89.0 Å². The van der Waals surface area contributed by atoms with Crippen molar-refractivity contribution in [1.82, 2.24) is 0 Å². The van der Waals surface area contributed by atoms with E-state index in [0.717, 1.165) is 49.1 Å². The fraction of sp³-hybridized carbons (Fsp3) is 0.0566. The second kappa shape index (κ2) is 19.5. The van der Waals surface area contributed by atoms with Crippen molar-refractivity contribution in [2.75, 3.05) is 0 Å². The maximum atomic E-state index is 6.49. The first-order valence-electron chi connectivity index (χ1n) is 18.8. The smallest absolute Gasteiger partial charge is 0.172 e. The molecule has 10 rings (SSSR count). The first-order valence-corrected chi connectivity index (χ1v) is 20.8. The molecule has 5 heteroatoms. The largest absolute Gasteiger partial charge is 1.00 e. The molecule has 0 fully saturated rings. The predicted molar refractivity (Wildman–Crippen MR) is 237 cm³/mol. The molecule has 1 aliphatic carbocycles. The number of halogens is 4. The standard InChI is InChI=1S/C27H21.C21H12Cl2.C5H5.2ClH.Zr/c1-18-7-3-5-9-24(18)20-11-13-26-22(15-20)17-23-16-21(12-14-27(23)26)25-10-6-4-8-19(25)2;22-20-12-14(10-16-5-1-3-7-18(16)20)9-15-11-17-6-2-4-8-19(17)21(23)13-15;1-2-4-5-3-1;;;/h3-15H,17H2,1-2H3;1-8,10-13H;1-5H;2*1H;/q-1;;-1;;;+2/p-2. The predicted octanol–water partition coefficient (Wildman–Crippen LogP) is 8.84. The van der Waals surface area contributed by atoms with Crippen molar-refractivity contribution in [1.29, 1.82) is 0 Å². The van der Waals surface area contributed by atoms with Gasteiger partial charge in [-0.3, -0.25) is 0 Å². The molecular formula is C53H38Cl4Zr-2. The number of hydrogen-bond donors (Lipinski definition) is 0. The Bertz CT molecular complexity index is 2660. The normalized spacial score (nSPS) is 10.9. The number of rotatable bonds is 4. The molecule has 0 saturated heterocycles. The van der Waals surface area contributed by atoms with Crippen LogP contribution in [0.3, 0.4) is 0 Å². The molecule has 0 bridgehead atoms. The van der Waals surface area contributed by atoms with Gasteiger partial charge in [-0.25, -0.2) is 12.1 Å². The molecule has 0 aliphatic heterocycles. The van der Waals surface area contributed by atoms with Gasteiger partial charge in [-0.05, 0) is 42.5 Å². The Balaban J connectivity index is 0.000000170. The van der Waals surface area contributed by atoms with Crippen LogP contribution >= 0.6 is 23.2 Å². The van der Waals surface area contributed by atoms with E-state index >= 15 is 0 Å². The van der Waals surface area contributed by atoms with Gasteiger partial charge < -0.3 is 24.8 Å².